The molecular weight excluding hydrogens is 164 g/mol. The van der Waals surface area contributed by atoms with Crippen molar-refractivity contribution in [3.8, 4) is 6.07 Å². The lowest BCUT2D eigenvalue weighted by atomic mass is 10.1. The highest BCUT2D eigenvalue weighted by Crippen LogP contribution is 2.19. The van der Waals surface area contributed by atoms with Crippen LogP contribution in [0.1, 0.15) is 25.0 Å². The van der Waals surface area contributed by atoms with Crippen LogP contribution in [0, 0.1) is 11.3 Å². The van der Waals surface area contributed by atoms with Crippen molar-refractivity contribution < 1.29 is 4.74 Å². The van der Waals surface area contributed by atoms with Gasteiger partial charge in [-0.25, -0.2) is 0 Å². The number of rotatable bonds is 4. The van der Waals surface area contributed by atoms with E-state index in [2.05, 4.69) is 11.1 Å². The van der Waals surface area contributed by atoms with E-state index in [0.717, 1.165) is 5.56 Å². The second-order valence-corrected chi connectivity index (χ2v) is 2.59. The Morgan fingerprint density at radius 3 is 2.77 bits per heavy atom. The maximum absolute atomic E-state index is 8.58. The first-order valence-electron chi connectivity index (χ1n) is 4.27. The van der Waals surface area contributed by atoms with Crippen molar-refractivity contribution >= 4 is 0 Å². The number of hydrogen-bond donors (Lipinski definition) is 0. The van der Waals surface area contributed by atoms with Gasteiger partial charge in [-0.2, -0.15) is 5.26 Å². The molecule has 0 N–H and O–H groups in total. The summed E-state index contributed by atoms with van der Waals surface area (Å²) in [5, 5.41) is 8.58. The number of pyridine rings is 1. The summed E-state index contributed by atoms with van der Waals surface area (Å²) >= 11 is 0. The molecular formula is C10H12N2O. The van der Waals surface area contributed by atoms with Gasteiger partial charge in [0.1, 0.15) is 0 Å². The molecule has 0 aromatic carbocycles. The predicted molar refractivity (Wildman–Crippen MR) is 48.8 cm³/mol. The van der Waals surface area contributed by atoms with Crippen molar-refractivity contribution in [2.75, 3.05) is 6.61 Å². The van der Waals surface area contributed by atoms with Gasteiger partial charge < -0.3 is 4.74 Å². The molecule has 1 heterocycles. The molecule has 3 heteroatoms. The van der Waals surface area contributed by atoms with E-state index in [-0.39, 0.29) is 6.10 Å². The van der Waals surface area contributed by atoms with Crippen molar-refractivity contribution in [2.24, 2.45) is 0 Å². The zero-order chi connectivity index (χ0) is 9.52. The highest BCUT2D eigenvalue weighted by Gasteiger charge is 2.09. The third-order valence-corrected chi connectivity index (χ3v) is 1.72. The standard InChI is InChI=1S/C10H12N2O/c1-2-13-10(3-6-11)9-4-7-12-8-5-9/h4-5,7-8,10H,2-3H2,1H3. The molecule has 1 atom stereocenters. The summed E-state index contributed by atoms with van der Waals surface area (Å²) in [6.45, 7) is 2.54. The van der Waals surface area contributed by atoms with Gasteiger partial charge in [0.25, 0.3) is 0 Å². The molecule has 13 heavy (non-hydrogen) atoms. The van der Waals surface area contributed by atoms with Crippen LogP contribution < -0.4 is 0 Å². The first-order chi connectivity index (χ1) is 6.38. The summed E-state index contributed by atoms with van der Waals surface area (Å²) in [4.78, 5) is 3.91. The molecule has 0 fully saturated rings. The average molecular weight is 176 g/mol. The van der Waals surface area contributed by atoms with E-state index in [4.69, 9.17) is 10.00 Å². The molecule has 0 amide bonds. The lowest BCUT2D eigenvalue weighted by Gasteiger charge is -2.13. The predicted octanol–water partition coefficient (Wildman–Crippen LogP) is 2.07. The second kappa shape index (κ2) is 5.28. The molecule has 0 spiro atoms. The van der Waals surface area contributed by atoms with E-state index >= 15 is 0 Å². The fourth-order valence-electron chi connectivity index (χ4n) is 1.14. The minimum absolute atomic E-state index is 0.113. The molecule has 0 saturated heterocycles. The SMILES string of the molecule is CCOC(CC#N)c1ccncc1. The minimum atomic E-state index is -0.113. The lowest BCUT2D eigenvalue weighted by molar-refractivity contribution is 0.0659. The summed E-state index contributed by atoms with van der Waals surface area (Å²) in [7, 11) is 0. The van der Waals surface area contributed by atoms with Crippen LogP contribution in [-0.4, -0.2) is 11.6 Å². The van der Waals surface area contributed by atoms with Gasteiger partial charge >= 0.3 is 0 Å². The summed E-state index contributed by atoms with van der Waals surface area (Å²) in [5.74, 6) is 0. The van der Waals surface area contributed by atoms with Gasteiger partial charge in [0.15, 0.2) is 0 Å². The highest BCUT2D eigenvalue weighted by atomic mass is 16.5. The van der Waals surface area contributed by atoms with E-state index in [9.17, 15) is 0 Å². The smallest absolute Gasteiger partial charge is 0.0955 e. The molecule has 0 aliphatic heterocycles. The molecule has 68 valence electrons. The van der Waals surface area contributed by atoms with E-state index in [0.29, 0.717) is 13.0 Å². The van der Waals surface area contributed by atoms with Gasteiger partial charge in [-0.3, -0.25) is 4.98 Å². The van der Waals surface area contributed by atoms with Gasteiger partial charge in [-0.15, -0.1) is 0 Å². The largest absolute Gasteiger partial charge is 0.373 e. The summed E-state index contributed by atoms with van der Waals surface area (Å²) in [6, 6.07) is 5.85. The van der Waals surface area contributed by atoms with E-state index in [1.807, 2.05) is 19.1 Å². The van der Waals surface area contributed by atoms with E-state index in [1.165, 1.54) is 0 Å². The van der Waals surface area contributed by atoms with Crippen molar-refractivity contribution in [1.29, 1.82) is 5.26 Å². The quantitative estimate of drug-likeness (QED) is 0.705. The molecule has 0 aliphatic rings. The first-order valence-corrected chi connectivity index (χ1v) is 4.27. The minimum Gasteiger partial charge on any atom is -0.373 e. The monoisotopic (exact) mass is 176 g/mol. The van der Waals surface area contributed by atoms with Gasteiger partial charge in [-0.05, 0) is 24.6 Å². The third kappa shape index (κ3) is 2.85. The Labute approximate surface area is 78.0 Å². The Kier molecular flexibility index (Phi) is 3.94. The summed E-state index contributed by atoms with van der Waals surface area (Å²) < 4.78 is 5.42. The van der Waals surface area contributed by atoms with E-state index < -0.39 is 0 Å². The number of aromatic nitrogens is 1. The Balaban J connectivity index is 2.71. The topological polar surface area (TPSA) is 45.9 Å². The van der Waals surface area contributed by atoms with Crippen LogP contribution in [-0.2, 0) is 4.74 Å². The molecule has 1 unspecified atom stereocenters. The fourth-order valence-corrected chi connectivity index (χ4v) is 1.14. The molecule has 0 radical (unpaired) electrons. The van der Waals surface area contributed by atoms with Crippen LogP contribution in [0.2, 0.25) is 0 Å². The number of nitrogens with zero attached hydrogens (tertiary/aromatic N) is 2. The van der Waals surface area contributed by atoms with Gasteiger partial charge in [0, 0.05) is 19.0 Å². The molecule has 1 aromatic heterocycles. The van der Waals surface area contributed by atoms with Crippen LogP contribution in [0.15, 0.2) is 24.5 Å². The molecule has 1 rings (SSSR count). The van der Waals surface area contributed by atoms with Crippen LogP contribution in [0.5, 0.6) is 0 Å². The van der Waals surface area contributed by atoms with Gasteiger partial charge in [0.05, 0.1) is 18.6 Å². The fraction of sp³-hybridized carbons (Fsp3) is 0.400. The average Bonchev–Trinajstić information content (AvgIpc) is 2.19. The Hall–Kier alpha value is -1.40. The Morgan fingerprint density at radius 2 is 2.23 bits per heavy atom. The second-order valence-electron chi connectivity index (χ2n) is 2.59. The Bertz CT molecular complexity index is 279. The molecule has 3 nitrogen and oxygen atoms in total. The molecule has 0 bridgehead atoms. The number of nitriles is 1. The van der Waals surface area contributed by atoms with Crippen LogP contribution in [0.25, 0.3) is 0 Å². The van der Waals surface area contributed by atoms with Gasteiger partial charge in [-0.1, -0.05) is 0 Å². The van der Waals surface area contributed by atoms with Crippen molar-refractivity contribution in [2.45, 2.75) is 19.4 Å². The van der Waals surface area contributed by atoms with E-state index in [1.54, 1.807) is 12.4 Å². The van der Waals surface area contributed by atoms with Crippen LogP contribution in [0.4, 0.5) is 0 Å². The van der Waals surface area contributed by atoms with Crippen LogP contribution >= 0.6 is 0 Å². The van der Waals surface area contributed by atoms with Crippen LogP contribution in [0.3, 0.4) is 0 Å². The normalized spacial score (nSPS) is 12.0. The zero-order valence-corrected chi connectivity index (χ0v) is 7.60. The summed E-state index contributed by atoms with van der Waals surface area (Å²) in [6.07, 6.45) is 3.69. The molecule has 0 saturated carbocycles. The summed E-state index contributed by atoms with van der Waals surface area (Å²) in [5.41, 5.74) is 1.01. The maximum Gasteiger partial charge on any atom is 0.0955 e. The molecule has 0 aliphatic carbocycles. The maximum atomic E-state index is 8.58. The first kappa shape index (κ1) is 9.69. The zero-order valence-electron chi connectivity index (χ0n) is 7.60. The van der Waals surface area contributed by atoms with Gasteiger partial charge in [0.2, 0.25) is 0 Å². The lowest BCUT2D eigenvalue weighted by Crippen LogP contribution is -2.03. The number of hydrogen-bond acceptors (Lipinski definition) is 3. The number of ether oxygens (including phenoxy) is 1. The Morgan fingerprint density at radius 1 is 1.54 bits per heavy atom. The highest BCUT2D eigenvalue weighted by molar-refractivity contribution is 5.14. The van der Waals surface area contributed by atoms with Crippen molar-refractivity contribution in [3.63, 3.8) is 0 Å². The third-order valence-electron chi connectivity index (χ3n) is 1.72. The van der Waals surface area contributed by atoms with Crippen molar-refractivity contribution in [1.82, 2.24) is 4.98 Å². The van der Waals surface area contributed by atoms with Crippen molar-refractivity contribution in [3.05, 3.63) is 30.1 Å². The molecule has 1 aromatic rings.